The van der Waals surface area contributed by atoms with Crippen LogP contribution in [-0.2, 0) is 0 Å². The summed E-state index contributed by atoms with van der Waals surface area (Å²) in [4.78, 5) is 15.0. The van der Waals surface area contributed by atoms with Gasteiger partial charge >= 0.3 is 0 Å². The molecule has 0 spiro atoms. The van der Waals surface area contributed by atoms with Crippen LogP contribution in [0.3, 0.4) is 0 Å². The highest BCUT2D eigenvalue weighted by Crippen LogP contribution is 2.16. The van der Waals surface area contributed by atoms with E-state index in [4.69, 9.17) is 5.73 Å². The van der Waals surface area contributed by atoms with Gasteiger partial charge in [0.2, 0.25) is 0 Å². The quantitative estimate of drug-likeness (QED) is 0.772. The Morgan fingerprint density at radius 3 is 2.53 bits per heavy atom. The lowest BCUT2D eigenvalue weighted by molar-refractivity contribution is 0.0883. The molecular formula is C12H22ClN3O. The zero-order valence-electron chi connectivity index (χ0n) is 10.8. The maximum absolute atomic E-state index is 12.0. The van der Waals surface area contributed by atoms with Gasteiger partial charge in [0.05, 0.1) is 11.1 Å². The predicted molar refractivity (Wildman–Crippen MR) is 72.5 cm³/mol. The molecule has 1 amide bonds. The molecule has 1 heterocycles. The second-order valence-electron chi connectivity index (χ2n) is 4.75. The molecule has 1 unspecified atom stereocenters. The molecule has 1 rings (SSSR count). The zero-order valence-corrected chi connectivity index (χ0v) is 11.6. The molecule has 1 aromatic rings. The Morgan fingerprint density at radius 2 is 2.18 bits per heavy atom. The number of hydrogen-bond donors (Lipinski definition) is 3. The van der Waals surface area contributed by atoms with E-state index in [2.05, 4.69) is 24.1 Å². The molecule has 4 N–H and O–H groups in total. The predicted octanol–water partition coefficient (Wildman–Crippen LogP) is 1.85. The van der Waals surface area contributed by atoms with E-state index in [1.165, 1.54) is 0 Å². The van der Waals surface area contributed by atoms with E-state index < -0.39 is 0 Å². The highest BCUT2D eigenvalue weighted by molar-refractivity contribution is 5.95. The number of amides is 1. The number of rotatable bonds is 4. The summed E-state index contributed by atoms with van der Waals surface area (Å²) < 4.78 is 0. The minimum absolute atomic E-state index is 0. The lowest BCUT2D eigenvalue weighted by atomic mass is 9.88. The van der Waals surface area contributed by atoms with Crippen LogP contribution in [-0.4, -0.2) is 23.0 Å². The summed E-state index contributed by atoms with van der Waals surface area (Å²) >= 11 is 0. The highest BCUT2D eigenvalue weighted by Gasteiger charge is 2.29. The van der Waals surface area contributed by atoms with Crippen molar-refractivity contribution in [3.8, 4) is 0 Å². The van der Waals surface area contributed by atoms with Crippen LogP contribution in [0.25, 0.3) is 0 Å². The van der Waals surface area contributed by atoms with Gasteiger partial charge in [-0.05, 0) is 25.8 Å². The van der Waals surface area contributed by atoms with Crippen molar-refractivity contribution in [1.29, 1.82) is 0 Å². The van der Waals surface area contributed by atoms with E-state index >= 15 is 0 Å². The largest absolute Gasteiger partial charge is 0.365 e. The number of hydrogen-bond acceptors (Lipinski definition) is 2. The summed E-state index contributed by atoms with van der Waals surface area (Å²) in [6.45, 7) is 8.38. The first-order chi connectivity index (χ1) is 7.40. The number of carbonyl (C=O) groups is 1. The lowest BCUT2D eigenvalue weighted by Crippen LogP contribution is -2.55. The van der Waals surface area contributed by atoms with E-state index in [0.717, 1.165) is 5.69 Å². The van der Waals surface area contributed by atoms with Gasteiger partial charge in [-0.25, -0.2) is 0 Å². The molecule has 0 bridgehead atoms. The van der Waals surface area contributed by atoms with Gasteiger partial charge in [0.25, 0.3) is 5.91 Å². The van der Waals surface area contributed by atoms with Crippen LogP contribution in [0.1, 0.15) is 36.8 Å². The van der Waals surface area contributed by atoms with Crippen molar-refractivity contribution in [3.05, 3.63) is 23.5 Å². The summed E-state index contributed by atoms with van der Waals surface area (Å²) in [5, 5.41) is 3.00. The Morgan fingerprint density at radius 1 is 1.59 bits per heavy atom. The van der Waals surface area contributed by atoms with Gasteiger partial charge in [-0.15, -0.1) is 12.4 Å². The van der Waals surface area contributed by atoms with E-state index in [9.17, 15) is 4.79 Å². The SMILES string of the molecule is Cc1[nH]ccc1C(=O)NC(C)(CN)C(C)C.Cl. The van der Waals surface area contributed by atoms with Crippen molar-refractivity contribution in [2.45, 2.75) is 33.2 Å². The third-order valence-corrected chi connectivity index (χ3v) is 3.30. The van der Waals surface area contributed by atoms with Crippen LogP contribution in [0, 0.1) is 12.8 Å². The smallest absolute Gasteiger partial charge is 0.253 e. The van der Waals surface area contributed by atoms with Crippen LogP contribution in [0.4, 0.5) is 0 Å². The van der Waals surface area contributed by atoms with Crippen molar-refractivity contribution < 1.29 is 4.79 Å². The average Bonchev–Trinajstić information content (AvgIpc) is 2.64. The monoisotopic (exact) mass is 259 g/mol. The normalized spacial score (nSPS) is 14.0. The summed E-state index contributed by atoms with van der Waals surface area (Å²) in [7, 11) is 0. The van der Waals surface area contributed by atoms with Gasteiger partial charge < -0.3 is 16.0 Å². The molecule has 1 atom stereocenters. The number of aromatic nitrogens is 1. The van der Waals surface area contributed by atoms with Crippen molar-refractivity contribution in [2.24, 2.45) is 11.7 Å². The second-order valence-corrected chi connectivity index (χ2v) is 4.75. The number of H-pyrrole nitrogens is 1. The molecule has 0 aliphatic heterocycles. The van der Waals surface area contributed by atoms with Crippen LogP contribution in [0.5, 0.6) is 0 Å². The molecule has 0 radical (unpaired) electrons. The second kappa shape index (κ2) is 6.07. The Balaban J connectivity index is 0.00000256. The Bertz CT molecular complexity index is 376. The minimum atomic E-state index is -0.360. The van der Waals surface area contributed by atoms with Crippen molar-refractivity contribution in [1.82, 2.24) is 10.3 Å². The van der Waals surface area contributed by atoms with Gasteiger partial charge in [-0.3, -0.25) is 4.79 Å². The van der Waals surface area contributed by atoms with Gasteiger partial charge in [-0.2, -0.15) is 0 Å². The Kier molecular flexibility index (Phi) is 5.72. The number of nitrogens with one attached hydrogen (secondary N) is 2. The van der Waals surface area contributed by atoms with Gasteiger partial charge in [0.1, 0.15) is 0 Å². The Labute approximate surface area is 109 Å². The van der Waals surface area contributed by atoms with Crippen molar-refractivity contribution in [2.75, 3.05) is 6.54 Å². The Hall–Kier alpha value is -1.00. The molecule has 4 nitrogen and oxygen atoms in total. The first-order valence-corrected chi connectivity index (χ1v) is 5.57. The molecule has 98 valence electrons. The summed E-state index contributed by atoms with van der Waals surface area (Å²) in [5.74, 6) is 0.223. The highest BCUT2D eigenvalue weighted by atomic mass is 35.5. The summed E-state index contributed by atoms with van der Waals surface area (Å²) in [5.41, 5.74) is 6.92. The standard InChI is InChI=1S/C12H21N3O.ClH/c1-8(2)12(4,7-13)15-11(16)10-5-6-14-9(10)3;/h5-6,8,14H,7,13H2,1-4H3,(H,15,16);1H. The van der Waals surface area contributed by atoms with E-state index in [1.54, 1.807) is 12.3 Å². The molecular weight excluding hydrogens is 238 g/mol. The first kappa shape index (κ1) is 16.0. The molecule has 0 saturated carbocycles. The number of aromatic amines is 1. The lowest BCUT2D eigenvalue weighted by Gasteiger charge is -2.33. The van der Waals surface area contributed by atoms with Crippen LogP contribution < -0.4 is 11.1 Å². The maximum Gasteiger partial charge on any atom is 0.253 e. The van der Waals surface area contributed by atoms with Crippen molar-refractivity contribution >= 4 is 18.3 Å². The molecule has 0 saturated heterocycles. The summed E-state index contributed by atoms with van der Waals surface area (Å²) in [6.07, 6.45) is 1.76. The molecule has 0 aliphatic carbocycles. The number of nitrogens with two attached hydrogens (primary N) is 1. The third kappa shape index (κ3) is 3.48. The third-order valence-electron chi connectivity index (χ3n) is 3.30. The fraction of sp³-hybridized carbons (Fsp3) is 0.583. The topological polar surface area (TPSA) is 70.9 Å². The molecule has 5 heteroatoms. The number of aryl methyl sites for hydroxylation is 1. The molecule has 0 aromatic carbocycles. The fourth-order valence-corrected chi connectivity index (χ4v) is 1.46. The van der Waals surface area contributed by atoms with Gasteiger partial charge in [0, 0.05) is 18.4 Å². The maximum atomic E-state index is 12.0. The van der Waals surface area contributed by atoms with Crippen LogP contribution in [0.15, 0.2) is 12.3 Å². The van der Waals surface area contributed by atoms with Crippen molar-refractivity contribution in [3.63, 3.8) is 0 Å². The fourth-order valence-electron chi connectivity index (χ4n) is 1.46. The minimum Gasteiger partial charge on any atom is -0.365 e. The molecule has 1 aromatic heterocycles. The average molecular weight is 260 g/mol. The molecule has 17 heavy (non-hydrogen) atoms. The van der Waals surface area contributed by atoms with Crippen LogP contribution >= 0.6 is 12.4 Å². The van der Waals surface area contributed by atoms with E-state index in [-0.39, 0.29) is 23.9 Å². The molecule has 0 fully saturated rings. The first-order valence-electron chi connectivity index (χ1n) is 5.57. The number of carbonyl (C=O) groups excluding carboxylic acids is 1. The van der Waals surface area contributed by atoms with Gasteiger partial charge in [0.15, 0.2) is 0 Å². The summed E-state index contributed by atoms with van der Waals surface area (Å²) in [6, 6.07) is 1.78. The van der Waals surface area contributed by atoms with E-state index in [1.807, 2.05) is 13.8 Å². The number of halogens is 1. The van der Waals surface area contributed by atoms with Crippen LogP contribution in [0.2, 0.25) is 0 Å². The molecule has 0 aliphatic rings. The van der Waals surface area contributed by atoms with E-state index in [0.29, 0.717) is 18.0 Å². The zero-order chi connectivity index (χ0) is 12.3. The van der Waals surface area contributed by atoms with Gasteiger partial charge in [-0.1, -0.05) is 13.8 Å².